The largest absolute Gasteiger partial charge is 0.391 e. The number of aromatic nitrogens is 2. The van der Waals surface area contributed by atoms with Crippen molar-refractivity contribution in [3.8, 4) is 0 Å². The lowest BCUT2D eigenvalue weighted by Gasteiger charge is -2.15. The molecule has 0 fully saturated rings. The third kappa shape index (κ3) is 5.09. The molecule has 1 unspecified atom stereocenters. The van der Waals surface area contributed by atoms with Crippen LogP contribution in [0.25, 0.3) is 0 Å². The van der Waals surface area contributed by atoms with Gasteiger partial charge in [-0.1, -0.05) is 26.0 Å². The van der Waals surface area contributed by atoms with E-state index >= 15 is 0 Å². The van der Waals surface area contributed by atoms with Gasteiger partial charge in [-0.25, -0.2) is 4.79 Å². The lowest BCUT2D eigenvalue weighted by molar-refractivity contribution is 0.126. The van der Waals surface area contributed by atoms with E-state index in [9.17, 15) is 9.90 Å². The summed E-state index contributed by atoms with van der Waals surface area (Å²) in [5.41, 5.74) is 3.86. The molecule has 2 aromatic rings. The van der Waals surface area contributed by atoms with Gasteiger partial charge < -0.3 is 15.7 Å². The first kappa shape index (κ1) is 18.0. The Bertz CT molecular complexity index is 694. The number of aryl methyl sites for hydroxylation is 2. The van der Waals surface area contributed by atoms with Gasteiger partial charge >= 0.3 is 6.03 Å². The van der Waals surface area contributed by atoms with Gasteiger partial charge in [0.1, 0.15) is 0 Å². The Kier molecular flexibility index (Phi) is 5.98. The van der Waals surface area contributed by atoms with Gasteiger partial charge in [0.15, 0.2) is 0 Å². The van der Waals surface area contributed by atoms with Crippen LogP contribution in [0.4, 0.5) is 10.5 Å². The Hall–Kier alpha value is -2.34. The Labute approximate surface area is 142 Å². The summed E-state index contributed by atoms with van der Waals surface area (Å²) in [5, 5.41) is 19.6. The van der Waals surface area contributed by atoms with E-state index < -0.39 is 6.10 Å². The maximum atomic E-state index is 11.9. The number of urea groups is 1. The number of aliphatic hydroxyl groups is 1. The summed E-state index contributed by atoms with van der Waals surface area (Å²) in [6.45, 7) is 8.70. The number of carbonyl (C=O) groups is 1. The fraction of sp³-hybridized carbons (Fsp3) is 0.444. The monoisotopic (exact) mass is 330 g/mol. The van der Waals surface area contributed by atoms with Gasteiger partial charge in [0, 0.05) is 17.9 Å². The number of anilines is 1. The highest BCUT2D eigenvalue weighted by Crippen LogP contribution is 2.13. The van der Waals surface area contributed by atoms with Gasteiger partial charge in [0.25, 0.3) is 0 Å². The van der Waals surface area contributed by atoms with Crippen LogP contribution < -0.4 is 10.6 Å². The highest BCUT2D eigenvalue weighted by atomic mass is 16.3. The summed E-state index contributed by atoms with van der Waals surface area (Å²) in [7, 11) is 0. The quantitative estimate of drug-likeness (QED) is 0.762. The van der Waals surface area contributed by atoms with Crippen LogP contribution >= 0.6 is 0 Å². The predicted octanol–water partition coefficient (Wildman–Crippen LogP) is 2.69. The molecule has 1 heterocycles. The van der Waals surface area contributed by atoms with E-state index in [4.69, 9.17) is 0 Å². The molecular formula is C18H26N4O2. The molecule has 1 atom stereocenters. The summed E-state index contributed by atoms with van der Waals surface area (Å²) >= 11 is 0. The lowest BCUT2D eigenvalue weighted by Crippen LogP contribution is -2.37. The molecule has 0 bridgehead atoms. The van der Waals surface area contributed by atoms with Crippen LogP contribution in [-0.2, 0) is 6.54 Å². The van der Waals surface area contributed by atoms with E-state index in [1.165, 1.54) is 0 Å². The van der Waals surface area contributed by atoms with Gasteiger partial charge in [-0.15, -0.1) is 0 Å². The Morgan fingerprint density at radius 1 is 1.29 bits per heavy atom. The fourth-order valence-corrected chi connectivity index (χ4v) is 2.36. The van der Waals surface area contributed by atoms with Crippen LogP contribution in [0.15, 0.2) is 30.3 Å². The van der Waals surface area contributed by atoms with E-state index in [2.05, 4.69) is 15.7 Å². The lowest BCUT2D eigenvalue weighted by atomic mass is 10.1. The number of hydrogen-bond donors (Lipinski definition) is 3. The second-order valence-electron chi connectivity index (χ2n) is 6.43. The zero-order chi connectivity index (χ0) is 17.7. The fourth-order valence-electron chi connectivity index (χ4n) is 2.36. The third-order valence-electron chi connectivity index (χ3n) is 3.86. The number of hydrogen-bond acceptors (Lipinski definition) is 3. The second-order valence-corrected chi connectivity index (χ2v) is 6.43. The maximum Gasteiger partial charge on any atom is 0.319 e. The van der Waals surface area contributed by atoms with Crippen LogP contribution in [0, 0.1) is 19.8 Å². The van der Waals surface area contributed by atoms with Crippen molar-refractivity contribution in [2.45, 2.75) is 40.3 Å². The Morgan fingerprint density at radius 2 is 2.04 bits per heavy atom. The van der Waals surface area contributed by atoms with Crippen LogP contribution in [0.1, 0.15) is 30.8 Å². The first-order valence-electron chi connectivity index (χ1n) is 8.18. The molecule has 3 N–H and O–H groups in total. The topological polar surface area (TPSA) is 79.2 Å². The van der Waals surface area contributed by atoms with E-state index in [1.807, 2.05) is 62.7 Å². The van der Waals surface area contributed by atoms with Crippen molar-refractivity contribution in [2.75, 3.05) is 11.9 Å². The normalized spacial score (nSPS) is 12.2. The van der Waals surface area contributed by atoms with Gasteiger partial charge in [0.2, 0.25) is 0 Å². The SMILES string of the molecule is Cc1cc(C)n(Cc2cccc(NC(=O)NCC(O)C(C)C)c2)n1. The van der Waals surface area contributed by atoms with E-state index in [1.54, 1.807) is 0 Å². The molecule has 6 nitrogen and oxygen atoms in total. The van der Waals surface area contributed by atoms with Crippen molar-refractivity contribution in [3.63, 3.8) is 0 Å². The van der Waals surface area contributed by atoms with E-state index in [-0.39, 0.29) is 18.5 Å². The number of amides is 2. The van der Waals surface area contributed by atoms with Crippen molar-refractivity contribution in [1.82, 2.24) is 15.1 Å². The maximum absolute atomic E-state index is 11.9. The van der Waals surface area contributed by atoms with E-state index in [0.717, 1.165) is 17.0 Å². The molecule has 0 aliphatic rings. The van der Waals surface area contributed by atoms with Crippen molar-refractivity contribution >= 4 is 11.7 Å². The molecule has 130 valence electrons. The van der Waals surface area contributed by atoms with Gasteiger partial charge in [-0.3, -0.25) is 4.68 Å². The van der Waals surface area contributed by atoms with Crippen molar-refractivity contribution in [3.05, 3.63) is 47.3 Å². The molecule has 0 saturated heterocycles. The predicted molar refractivity (Wildman–Crippen MR) is 95.1 cm³/mol. The van der Waals surface area contributed by atoms with Crippen molar-refractivity contribution in [1.29, 1.82) is 0 Å². The van der Waals surface area contributed by atoms with E-state index in [0.29, 0.717) is 12.2 Å². The minimum absolute atomic E-state index is 0.106. The number of aliphatic hydroxyl groups excluding tert-OH is 1. The molecule has 0 aliphatic carbocycles. The summed E-state index contributed by atoms with van der Waals surface area (Å²) < 4.78 is 1.94. The molecule has 0 radical (unpaired) electrons. The second kappa shape index (κ2) is 7.97. The minimum Gasteiger partial charge on any atom is -0.391 e. The molecule has 6 heteroatoms. The molecule has 0 saturated carbocycles. The summed E-state index contributed by atoms with van der Waals surface area (Å²) in [6, 6.07) is 9.38. The highest BCUT2D eigenvalue weighted by molar-refractivity contribution is 5.89. The van der Waals surface area contributed by atoms with Crippen molar-refractivity contribution < 1.29 is 9.90 Å². The highest BCUT2D eigenvalue weighted by Gasteiger charge is 2.11. The van der Waals surface area contributed by atoms with Crippen molar-refractivity contribution in [2.24, 2.45) is 5.92 Å². The standard InChI is InChI=1S/C18H26N4O2/c1-12(2)17(23)10-19-18(24)20-16-7-5-6-15(9-16)11-22-14(4)8-13(3)21-22/h5-9,12,17,23H,10-11H2,1-4H3,(H2,19,20,24). The number of rotatable bonds is 6. The van der Waals surface area contributed by atoms with Crippen LogP contribution in [0.5, 0.6) is 0 Å². The molecule has 1 aromatic heterocycles. The van der Waals surface area contributed by atoms with Gasteiger partial charge in [-0.05, 0) is 43.5 Å². The molecule has 2 rings (SSSR count). The molecule has 0 spiro atoms. The molecule has 1 aromatic carbocycles. The molecule has 2 amide bonds. The summed E-state index contributed by atoms with van der Waals surface area (Å²) in [6.07, 6.45) is -0.548. The zero-order valence-electron chi connectivity index (χ0n) is 14.7. The number of nitrogens with one attached hydrogen (secondary N) is 2. The summed E-state index contributed by atoms with van der Waals surface area (Å²) in [4.78, 5) is 11.9. The van der Waals surface area contributed by atoms with Crippen LogP contribution in [0.3, 0.4) is 0 Å². The Morgan fingerprint density at radius 3 is 2.67 bits per heavy atom. The average molecular weight is 330 g/mol. The first-order chi connectivity index (χ1) is 11.3. The van der Waals surface area contributed by atoms with Crippen LogP contribution in [0.2, 0.25) is 0 Å². The number of benzene rings is 1. The van der Waals surface area contributed by atoms with Gasteiger partial charge in [0.05, 0.1) is 18.3 Å². The Balaban J connectivity index is 1.95. The van der Waals surface area contributed by atoms with Gasteiger partial charge in [-0.2, -0.15) is 5.10 Å². The third-order valence-corrected chi connectivity index (χ3v) is 3.86. The molecular weight excluding hydrogens is 304 g/mol. The van der Waals surface area contributed by atoms with Crippen LogP contribution in [-0.4, -0.2) is 33.6 Å². The zero-order valence-corrected chi connectivity index (χ0v) is 14.7. The summed E-state index contributed by atoms with van der Waals surface area (Å²) in [5.74, 6) is 0.106. The smallest absolute Gasteiger partial charge is 0.319 e. The molecule has 0 aliphatic heterocycles. The number of nitrogens with zero attached hydrogens (tertiary/aromatic N) is 2. The molecule has 24 heavy (non-hydrogen) atoms. The number of carbonyl (C=O) groups excluding carboxylic acids is 1. The minimum atomic E-state index is -0.548. The average Bonchev–Trinajstić information content (AvgIpc) is 2.82. The first-order valence-corrected chi connectivity index (χ1v) is 8.18.